The topological polar surface area (TPSA) is 21.3 Å². The van der Waals surface area contributed by atoms with Gasteiger partial charge < -0.3 is 10.1 Å². The standard InChI is InChI=1S/C16H23NO/c1-3-10-17-16-7-5-6-13-12-14(18-11-4-2)8-9-15(13)16/h4,8-9,12,16-17H,2-3,5-7,10-11H2,1H3. The number of fused-ring (bicyclic) bond motifs is 1. The Labute approximate surface area is 110 Å². The van der Waals surface area contributed by atoms with Crippen LogP contribution in [0.3, 0.4) is 0 Å². The maximum Gasteiger partial charge on any atom is 0.120 e. The molecule has 0 bridgehead atoms. The lowest BCUT2D eigenvalue weighted by Gasteiger charge is -2.27. The number of nitrogens with one attached hydrogen (secondary N) is 1. The Morgan fingerprint density at radius 3 is 3.17 bits per heavy atom. The first-order valence-corrected chi connectivity index (χ1v) is 6.95. The molecule has 0 fully saturated rings. The summed E-state index contributed by atoms with van der Waals surface area (Å²) in [5.74, 6) is 0.963. The van der Waals surface area contributed by atoms with Gasteiger partial charge in [-0.15, -0.1) is 0 Å². The average molecular weight is 245 g/mol. The molecule has 2 nitrogen and oxygen atoms in total. The fourth-order valence-corrected chi connectivity index (χ4v) is 2.57. The van der Waals surface area contributed by atoms with Crippen LogP contribution in [0.25, 0.3) is 0 Å². The van der Waals surface area contributed by atoms with Crippen molar-refractivity contribution in [2.24, 2.45) is 0 Å². The first-order chi connectivity index (χ1) is 8.85. The third kappa shape index (κ3) is 3.14. The molecule has 1 aliphatic rings. The van der Waals surface area contributed by atoms with Crippen molar-refractivity contribution in [3.05, 3.63) is 42.0 Å². The van der Waals surface area contributed by atoms with Gasteiger partial charge in [0, 0.05) is 6.04 Å². The van der Waals surface area contributed by atoms with Gasteiger partial charge in [0.05, 0.1) is 0 Å². The molecule has 0 saturated heterocycles. The molecule has 18 heavy (non-hydrogen) atoms. The van der Waals surface area contributed by atoms with Gasteiger partial charge in [-0.25, -0.2) is 0 Å². The van der Waals surface area contributed by atoms with Gasteiger partial charge in [0.15, 0.2) is 0 Å². The maximum atomic E-state index is 5.60. The average Bonchev–Trinajstić information content (AvgIpc) is 2.42. The van der Waals surface area contributed by atoms with Gasteiger partial charge >= 0.3 is 0 Å². The molecule has 1 N–H and O–H groups in total. The second-order valence-electron chi connectivity index (χ2n) is 4.86. The van der Waals surface area contributed by atoms with Gasteiger partial charge in [-0.1, -0.05) is 25.6 Å². The van der Waals surface area contributed by atoms with Crippen LogP contribution >= 0.6 is 0 Å². The van der Waals surface area contributed by atoms with Crippen LogP contribution in [-0.2, 0) is 6.42 Å². The predicted molar refractivity (Wildman–Crippen MR) is 76.1 cm³/mol. The molecule has 2 rings (SSSR count). The zero-order valence-corrected chi connectivity index (χ0v) is 11.2. The maximum absolute atomic E-state index is 5.60. The highest BCUT2D eigenvalue weighted by molar-refractivity contribution is 5.39. The smallest absolute Gasteiger partial charge is 0.120 e. The van der Waals surface area contributed by atoms with Crippen LogP contribution in [0.5, 0.6) is 5.75 Å². The number of aryl methyl sites for hydroxylation is 1. The first kappa shape index (κ1) is 13.2. The molecule has 98 valence electrons. The molecule has 0 saturated carbocycles. The van der Waals surface area contributed by atoms with Crippen LogP contribution in [0.15, 0.2) is 30.9 Å². The summed E-state index contributed by atoms with van der Waals surface area (Å²) in [6.07, 6.45) is 6.65. The number of hydrogen-bond donors (Lipinski definition) is 1. The minimum atomic E-state index is 0.530. The summed E-state index contributed by atoms with van der Waals surface area (Å²) in [5.41, 5.74) is 2.90. The Morgan fingerprint density at radius 1 is 1.50 bits per heavy atom. The molecule has 1 atom stereocenters. The minimum absolute atomic E-state index is 0.530. The van der Waals surface area contributed by atoms with E-state index in [1.165, 1.54) is 36.8 Å². The molecule has 0 aromatic heterocycles. The van der Waals surface area contributed by atoms with E-state index < -0.39 is 0 Å². The normalized spacial score (nSPS) is 18.2. The lowest BCUT2D eigenvalue weighted by Crippen LogP contribution is -2.25. The first-order valence-electron chi connectivity index (χ1n) is 6.95. The van der Waals surface area contributed by atoms with E-state index >= 15 is 0 Å². The summed E-state index contributed by atoms with van der Waals surface area (Å²) < 4.78 is 5.60. The zero-order chi connectivity index (χ0) is 12.8. The molecule has 1 unspecified atom stereocenters. The molecule has 0 heterocycles. The van der Waals surface area contributed by atoms with Crippen LogP contribution in [0, 0.1) is 0 Å². The third-order valence-corrected chi connectivity index (χ3v) is 3.44. The lowest BCUT2D eigenvalue weighted by atomic mass is 9.87. The predicted octanol–water partition coefficient (Wildman–Crippen LogP) is 3.63. The van der Waals surface area contributed by atoms with E-state index in [0.29, 0.717) is 12.6 Å². The molecular weight excluding hydrogens is 222 g/mol. The number of ether oxygens (including phenoxy) is 1. The monoisotopic (exact) mass is 245 g/mol. The number of rotatable bonds is 6. The molecule has 2 heteroatoms. The fraction of sp³-hybridized carbons (Fsp3) is 0.500. The van der Waals surface area contributed by atoms with E-state index in [-0.39, 0.29) is 0 Å². The molecule has 1 aliphatic carbocycles. The van der Waals surface area contributed by atoms with Gasteiger partial charge in [0.1, 0.15) is 12.4 Å². The number of benzene rings is 1. The SMILES string of the molecule is C=CCOc1ccc2c(c1)CCCC2NCCC. The van der Waals surface area contributed by atoms with E-state index in [2.05, 4.69) is 37.0 Å². The fourth-order valence-electron chi connectivity index (χ4n) is 2.57. The molecule has 0 amide bonds. The largest absolute Gasteiger partial charge is 0.490 e. The summed E-state index contributed by atoms with van der Waals surface area (Å²) in [5, 5.41) is 3.63. The molecule has 1 aromatic carbocycles. The summed E-state index contributed by atoms with van der Waals surface area (Å²) >= 11 is 0. The van der Waals surface area contributed by atoms with E-state index in [4.69, 9.17) is 4.74 Å². The molecular formula is C16H23NO. The van der Waals surface area contributed by atoms with Crippen molar-refractivity contribution in [3.8, 4) is 5.75 Å². The Hall–Kier alpha value is -1.28. The number of hydrogen-bond acceptors (Lipinski definition) is 2. The Morgan fingerprint density at radius 2 is 2.39 bits per heavy atom. The van der Waals surface area contributed by atoms with E-state index in [0.717, 1.165) is 12.3 Å². The Kier molecular flexibility index (Phi) is 4.82. The second-order valence-corrected chi connectivity index (χ2v) is 4.86. The van der Waals surface area contributed by atoms with Crippen LogP contribution in [0.1, 0.15) is 43.4 Å². The van der Waals surface area contributed by atoms with Crippen LogP contribution in [0.2, 0.25) is 0 Å². The van der Waals surface area contributed by atoms with Crippen molar-refractivity contribution >= 4 is 0 Å². The van der Waals surface area contributed by atoms with E-state index in [1.807, 2.05) is 0 Å². The quantitative estimate of drug-likeness (QED) is 0.773. The van der Waals surface area contributed by atoms with Gasteiger partial charge in [-0.3, -0.25) is 0 Å². The van der Waals surface area contributed by atoms with Gasteiger partial charge in [0.2, 0.25) is 0 Å². The van der Waals surface area contributed by atoms with Crippen LogP contribution in [-0.4, -0.2) is 13.2 Å². The second kappa shape index (κ2) is 6.60. The van der Waals surface area contributed by atoms with Crippen molar-refractivity contribution in [2.75, 3.05) is 13.2 Å². The molecule has 0 aliphatic heterocycles. The van der Waals surface area contributed by atoms with Crippen molar-refractivity contribution in [3.63, 3.8) is 0 Å². The highest BCUT2D eigenvalue weighted by atomic mass is 16.5. The van der Waals surface area contributed by atoms with Crippen LogP contribution in [0.4, 0.5) is 0 Å². The molecule has 0 spiro atoms. The minimum Gasteiger partial charge on any atom is -0.490 e. The van der Waals surface area contributed by atoms with Gasteiger partial charge in [-0.05, 0) is 55.5 Å². The summed E-state index contributed by atoms with van der Waals surface area (Å²) in [4.78, 5) is 0. The summed E-state index contributed by atoms with van der Waals surface area (Å²) in [6.45, 7) is 7.56. The Balaban J connectivity index is 2.11. The highest BCUT2D eigenvalue weighted by Gasteiger charge is 2.19. The zero-order valence-electron chi connectivity index (χ0n) is 11.2. The van der Waals surface area contributed by atoms with Crippen LogP contribution < -0.4 is 10.1 Å². The lowest BCUT2D eigenvalue weighted by molar-refractivity contribution is 0.361. The van der Waals surface area contributed by atoms with Gasteiger partial charge in [0.25, 0.3) is 0 Å². The van der Waals surface area contributed by atoms with E-state index in [1.54, 1.807) is 6.08 Å². The van der Waals surface area contributed by atoms with Crippen molar-refractivity contribution in [1.29, 1.82) is 0 Å². The summed E-state index contributed by atoms with van der Waals surface area (Å²) in [7, 11) is 0. The molecule has 0 radical (unpaired) electrons. The third-order valence-electron chi connectivity index (χ3n) is 3.44. The van der Waals surface area contributed by atoms with Crippen molar-refractivity contribution in [1.82, 2.24) is 5.32 Å². The van der Waals surface area contributed by atoms with Crippen molar-refractivity contribution < 1.29 is 4.74 Å². The van der Waals surface area contributed by atoms with Gasteiger partial charge in [-0.2, -0.15) is 0 Å². The molecule has 1 aromatic rings. The Bertz CT molecular complexity index is 400. The van der Waals surface area contributed by atoms with Crippen molar-refractivity contribution in [2.45, 2.75) is 38.6 Å². The summed E-state index contributed by atoms with van der Waals surface area (Å²) in [6, 6.07) is 7.02. The van der Waals surface area contributed by atoms with E-state index in [9.17, 15) is 0 Å². The highest BCUT2D eigenvalue weighted by Crippen LogP contribution is 2.32.